The van der Waals surface area contributed by atoms with Crippen molar-refractivity contribution in [1.82, 2.24) is 9.13 Å². The van der Waals surface area contributed by atoms with Gasteiger partial charge in [0.15, 0.2) is 6.61 Å². The first-order valence-corrected chi connectivity index (χ1v) is 9.73. The molecule has 1 saturated heterocycles. The Morgan fingerprint density at radius 3 is 2.38 bits per heavy atom. The van der Waals surface area contributed by atoms with Crippen LogP contribution in [0.4, 0.5) is 22.0 Å². The minimum Gasteiger partial charge on any atom is -0.487 e. The highest BCUT2D eigenvalue weighted by Gasteiger charge is 2.54. The van der Waals surface area contributed by atoms with Crippen LogP contribution in [0.15, 0.2) is 65.7 Å². The molecular weight excluding hydrogens is 435 g/mol. The number of imidazole rings is 1. The molecule has 0 spiro atoms. The van der Waals surface area contributed by atoms with Crippen molar-refractivity contribution >= 4 is 0 Å². The molecule has 32 heavy (non-hydrogen) atoms. The van der Waals surface area contributed by atoms with E-state index in [9.17, 15) is 26.7 Å². The molecule has 0 N–H and O–H groups in total. The van der Waals surface area contributed by atoms with E-state index in [1.54, 1.807) is 31.3 Å². The second-order valence-electron chi connectivity index (χ2n) is 7.54. The molecule has 1 aliphatic heterocycles. The zero-order valence-corrected chi connectivity index (χ0v) is 16.9. The highest BCUT2D eigenvalue weighted by atomic mass is 19.3. The minimum atomic E-state index is -4.26. The van der Waals surface area contributed by atoms with E-state index in [2.05, 4.69) is 0 Å². The molecule has 3 aromatic rings. The van der Waals surface area contributed by atoms with Gasteiger partial charge in [0.25, 0.3) is 0 Å². The fourth-order valence-electron chi connectivity index (χ4n) is 3.56. The second kappa shape index (κ2) is 8.09. The first-order valence-electron chi connectivity index (χ1n) is 9.73. The van der Waals surface area contributed by atoms with Crippen LogP contribution in [0.3, 0.4) is 0 Å². The molecule has 1 aliphatic rings. The normalized spacial score (nSPS) is 19.2. The topological polar surface area (TPSA) is 48.7 Å². The summed E-state index contributed by atoms with van der Waals surface area (Å²) in [6, 6.07) is 11.2. The van der Waals surface area contributed by atoms with Gasteiger partial charge in [-0.1, -0.05) is 18.2 Å². The third-order valence-corrected chi connectivity index (χ3v) is 5.55. The van der Waals surface area contributed by atoms with Gasteiger partial charge in [-0.3, -0.25) is 9.13 Å². The summed E-state index contributed by atoms with van der Waals surface area (Å²) in [6.45, 7) is 0.559. The lowest BCUT2D eigenvalue weighted by Crippen LogP contribution is -2.33. The highest BCUT2D eigenvalue weighted by Crippen LogP contribution is 2.48. The van der Waals surface area contributed by atoms with Gasteiger partial charge in [0.2, 0.25) is 0 Å². The number of halogens is 5. The van der Waals surface area contributed by atoms with Crippen LogP contribution < -0.4 is 10.4 Å². The molecule has 0 saturated carbocycles. The number of ether oxygens (including phenoxy) is 2. The Morgan fingerprint density at radius 1 is 1.12 bits per heavy atom. The van der Waals surface area contributed by atoms with E-state index in [4.69, 9.17) is 9.47 Å². The number of benzene rings is 2. The molecule has 2 aromatic carbocycles. The van der Waals surface area contributed by atoms with Crippen LogP contribution in [0, 0.1) is 5.82 Å². The summed E-state index contributed by atoms with van der Waals surface area (Å²) in [5.74, 6) is -4.72. The maximum absolute atomic E-state index is 14.3. The van der Waals surface area contributed by atoms with Crippen LogP contribution in [0.5, 0.6) is 5.75 Å². The van der Waals surface area contributed by atoms with E-state index in [0.717, 1.165) is 0 Å². The van der Waals surface area contributed by atoms with Crippen molar-refractivity contribution in [3.05, 3.63) is 82.8 Å². The third-order valence-electron chi connectivity index (χ3n) is 5.55. The average molecular weight is 454 g/mol. The number of epoxide rings is 1. The predicted octanol–water partition coefficient (Wildman–Crippen LogP) is 4.54. The molecule has 0 unspecified atom stereocenters. The van der Waals surface area contributed by atoms with Crippen molar-refractivity contribution in [1.29, 1.82) is 0 Å². The lowest BCUT2D eigenvalue weighted by atomic mass is 9.92. The second-order valence-corrected chi connectivity index (χ2v) is 7.54. The van der Waals surface area contributed by atoms with E-state index in [0.29, 0.717) is 11.3 Å². The van der Waals surface area contributed by atoms with Gasteiger partial charge in [-0.05, 0) is 37.3 Å². The standard InChI is InChI=1S/C22H19F5N2O3/c1-14(21(12-32-21)17-4-2-3-5-18(17)23)28-10-11-29(20(28)30)15-6-8-16(9-7-15)31-13-22(26,27)19(24)25/h2-11,14,19H,12-13H2,1H3/t14-,21+/m1/s1. The maximum Gasteiger partial charge on any atom is 0.340 e. The minimum absolute atomic E-state index is 0.0418. The molecule has 0 bridgehead atoms. The molecule has 10 heteroatoms. The third kappa shape index (κ3) is 3.90. The van der Waals surface area contributed by atoms with Gasteiger partial charge in [-0.15, -0.1) is 0 Å². The van der Waals surface area contributed by atoms with E-state index in [1.165, 1.54) is 45.7 Å². The first kappa shape index (κ1) is 22.1. The van der Waals surface area contributed by atoms with Gasteiger partial charge in [0.05, 0.1) is 18.3 Å². The number of nitrogens with zero attached hydrogens (tertiary/aromatic N) is 2. The Bertz CT molecular complexity index is 1150. The molecule has 0 radical (unpaired) electrons. The molecule has 5 nitrogen and oxygen atoms in total. The molecule has 2 atom stereocenters. The van der Waals surface area contributed by atoms with Crippen molar-refractivity contribution in [2.75, 3.05) is 13.2 Å². The Morgan fingerprint density at radius 2 is 1.78 bits per heavy atom. The van der Waals surface area contributed by atoms with Crippen LogP contribution in [0.1, 0.15) is 18.5 Å². The fourth-order valence-corrected chi connectivity index (χ4v) is 3.56. The molecule has 0 amide bonds. The Balaban J connectivity index is 1.53. The van der Waals surface area contributed by atoms with Crippen molar-refractivity contribution in [2.24, 2.45) is 0 Å². The summed E-state index contributed by atoms with van der Waals surface area (Å²) >= 11 is 0. The summed E-state index contributed by atoms with van der Waals surface area (Å²) in [5, 5.41) is 0. The summed E-state index contributed by atoms with van der Waals surface area (Å²) in [7, 11) is 0. The molecule has 4 rings (SSSR count). The van der Waals surface area contributed by atoms with E-state index < -0.39 is 42.1 Å². The summed E-state index contributed by atoms with van der Waals surface area (Å²) < 4.78 is 77.8. The predicted molar refractivity (Wildman–Crippen MR) is 105 cm³/mol. The van der Waals surface area contributed by atoms with Crippen LogP contribution in [0.25, 0.3) is 5.69 Å². The monoisotopic (exact) mass is 454 g/mol. The fraction of sp³-hybridized carbons (Fsp3) is 0.318. The number of aromatic nitrogens is 2. The summed E-state index contributed by atoms with van der Waals surface area (Å²) in [5.41, 5.74) is -0.587. The van der Waals surface area contributed by atoms with Crippen LogP contribution in [-0.4, -0.2) is 34.7 Å². The van der Waals surface area contributed by atoms with Crippen molar-refractivity contribution in [2.45, 2.75) is 30.9 Å². The molecular formula is C22H19F5N2O3. The number of hydrogen-bond acceptors (Lipinski definition) is 3. The lowest BCUT2D eigenvalue weighted by Gasteiger charge is -2.22. The van der Waals surface area contributed by atoms with Crippen molar-refractivity contribution < 1.29 is 31.4 Å². The Labute approximate surface area is 179 Å². The van der Waals surface area contributed by atoms with Gasteiger partial charge in [-0.25, -0.2) is 18.0 Å². The van der Waals surface area contributed by atoms with Gasteiger partial charge >= 0.3 is 18.0 Å². The average Bonchev–Trinajstić information content (AvgIpc) is 3.49. The Kier molecular flexibility index (Phi) is 5.58. The van der Waals surface area contributed by atoms with Gasteiger partial charge in [0, 0.05) is 18.0 Å². The van der Waals surface area contributed by atoms with Crippen LogP contribution in [-0.2, 0) is 10.3 Å². The van der Waals surface area contributed by atoms with Crippen LogP contribution in [0.2, 0.25) is 0 Å². The van der Waals surface area contributed by atoms with Crippen molar-refractivity contribution in [3.8, 4) is 11.4 Å². The quantitative estimate of drug-likeness (QED) is 0.371. The smallest absolute Gasteiger partial charge is 0.340 e. The largest absolute Gasteiger partial charge is 0.487 e. The zero-order chi connectivity index (χ0) is 23.1. The van der Waals surface area contributed by atoms with Gasteiger partial charge < -0.3 is 9.47 Å². The van der Waals surface area contributed by atoms with E-state index in [1.807, 2.05) is 0 Å². The SMILES string of the molecule is C[C@@H](n1ccn(-c2ccc(OCC(F)(F)C(F)F)cc2)c1=O)[C@]1(c2ccccc2F)CO1. The van der Waals surface area contributed by atoms with Crippen LogP contribution >= 0.6 is 0 Å². The van der Waals surface area contributed by atoms with Crippen molar-refractivity contribution in [3.63, 3.8) is 0 Å². The number of hydrogen-bond donors (Lipinski definition) is 0. The van der Waals surface area contributed by atoms with E-state index in [-0.39, 0.29) is 12.4 Å². The number of alkyl halides is 4. The lowest BCUT2D eigenvalue weighted by molar-refractivity contribution is -0.148. The summed E-state index contributed by atoms with van der Waals surface area (Å²) in [4.78, 5) is 13.0. The van der Waals surface area contributed by atoms with E-state index >= 15 is 0 Å². The molecule has 0 aliphatic carbocycles. The van der Waals surface area contributed by atoms with Gasteiger partial charge in [0.1, 0.15) is 17.2 Å². The molecule has 170 valence electrons. The highest BCUT2D eigenvalue weighted by molar-refractivity contribution is 5.38. The first-order chi connectivity index (χ1) is 15.2. The molecule has 1 aromatic heterocycles. The Hall–Kier alpha value is -3.14. The summed E-state index contributed by atoms with van der Waals surface area (Å²) in [6.07, 6.45) is -0.771. The molecule has 1 fully saturated rings. The zero-order valence-electron chi connectivity index (χ0n) is 16.9. The van der Waals surface area contributed by atoms with Gasteiger partial charge in [-0.2, -0.15) is 8.78 Å². The number of rotatable bonds is 8. The maximum atomic E-state index is 14.3. The molecule has 2 heterocycles.